The van der Waals surface area contributed by atoms with Crippen LogP contribution in [0.3, 0.4) is 0 Å². The number of carbonyl (C=O) groups is 1. The molecule has 0 saturated heterocycles. The summed E-state index contributed by atoms with van der Waals surface area (Å²) < 4.78 is 24.5. The molecular weight excluding hydrogens is 318 g/mol. The summed E-state index contributed by atoms with van der Waals surface area (Å²) in [6.07, 6.45) is 0. The summed E-state index contributed by atoms with van der Waals surface area (Å²) in [5, 5.41) is 5.08. The quantitative estimate of drug-likeness (QED) is 0.797. The maximum absolute atomic E-state index is 11.9. The minimum absolute atomic E-state index is 0.0716. The predicted octanol–water partition coefficient (Wildman–Crippen LogP) is 1.09. The first kappa shape index (κ1) is 17.2. The monoisotopic (exact) mass is 337 g/mol. The second kappa shape index (κ2) is 6.53. The van der Waals surface area contributed by atoms with Crippen molar-refractivity contribution in [2.75, 3.05) is 7.11 Å². The molecule has 0 saturated carbocycles. The minimum atomic E-state index is -3.70. The lowest BCUT2D eigenvalue weighted by Crippen LogP contribution is -2.22. The van der Waals surface area contributed by atoms with E-state index in [1.54, 1.807) is 18.2 Å². The summed E-state index contributed by atoms with van der Waals surface area (Å²) in [5.41, 5.74) is 5.45. The van der Waals surface area contributed by atoms with Gasteiger partial charge in [-0.2, -0.15) is 0 Å². The number of rotatable bonds is 5. The average molecular weight is 337 g/mol. The van der Waals surface area contributed by atoms with Crippen molar-refractivity contribution in [2.24, 2.45) is 5.14 Å². The summed E-state index contributed by atoms with van der Waals surface area (Å²) in [7, 11) is -2.32. The molecule has 23 heavy (non-hydrogen) atoms. The second-order valence-corrected chi connectivity index (χ2v) is 6.76. The van der Waals surface area contributed by atoms with Gasteiger partial charge in [-0.05, 0) is 37.6 Å². The number of nitrogens with one attached hydrogen (secondary N) is 1. The van der Waals surface area contributed by atoms with Gasteiger partial charge in [0.1, 0.15) is 0 Å². The number of hydrogen-bond donors (Lipinski definition) is 2. The highest BCUT2D eigenvalue weighted by Gasteiger charge is 2.16. The Hall–Kier alpha value is -2.16. The van der Waals surface area contributed by atoms with Gasteiger partial charge in [-0.15, -0.1) is 0 Å². The van der Waals surface area contributed by atoms with Gasteiger partial charge in [0, 0.05) is 17.9 Å². The number of amides is 1. The molecule has 0 unspecified atom stereocenters. The maximum atomic E-state index is 11.9. The molecule has 1 amide bonds. The highest BCUT2D eigenvalue weighted by molar-refractivity contribution is 7.89. The van der Waals surface area contributed by atoms with E-state index >= 15 is 0 Å². The van der Waals surface area contributed by atoms with E-state index in [9.17, 15) is 13.2 Å². The Morgan fingerprint density at radius 1 is 1.26 bits per heavy atom. The van der Waals surface area contributed by atoms with Gasteiger partial charge in [0.2, 0.25) is 10.0 Å². The van der Waals surface area contributed by atoms with E-state index in [-0.39, 0.29) is 10.8 Å². The molecule has 0 aliphatic rings. The fraction of sp³-hybridized carbons (Fsp3) is 0.267. The highest BCUT2D eigenvalue weighted by atomic mass is 32.2. The van der Waals surface area contributed by atoms with Crippen molar-refractivity contribution in [2.45, 2.75) is 25.3 Å². The summed E-state index contributed by atoms with van der Waals surface area (Å²) >= 11 is 0. The van der Waals surface area contributed by atoms with Crippen LogP contribution in [0.15, 0.2) is 35.2 Å². The molecule has 0 radical (unpaired) electrons. The smallest absolute Gasteiger partial charge is 0.276 e. The Kier molecular flexibility index (Phi) is 4.88. The minimum Gasteiger partial charge on any atom is -0.344 e. The zero-order valence-electron chi connectivity index (χ0n) is 13.2. The zero-order chi connectivity index (χ0) is 17.2. The van der Waals surface area contributed by atoms with Crippen LogP contribution in [0.1, 0.15) is 27.3 Å². The number of benzene rings is 1. The van der Waals surface area contributed by atoms with Crippen LogP contribution in [0.2, 0.25) is 0 Å². The molecule has 0 spiro atoms. The third-order valence-electron chi connectivity index (χ3n) is 3.61. The van der Waals surface area contributed by atoms with Crippen LogP contribution in [-0.4, -0.2) is 26.0 Å². The van der Waals surface area contributed by atoms with Crippen LogP contribution >= 0.6 is 0 Å². The molecule has 2 aromatic rings. The van der Waals surface area contributed by atoms with Gasteiger partial charge in [0.25, 0.3) is 5.91 Å². The van der Waals surface area contributed by atoms with Gasteiger partial charge in [-0.25, -0.2) is 19.0 Å². The van der Waals surface area contributed by atoms with Crippen molar-refractivity contribution in [1.29, 1.82) is 0 Å². The number of carbonyl (C=O) groups excluding carboxylic acids is 1. The zero-order valence-corrected chi connectivity index (χ0v) is 14.0. The molecule has 0 atom stereocenters. The fourth-order valence-electron chi connectivity index (χ4n) is 2.39. The SMILES string of the molecule is CONC(=O)c1cc(C)n(Cc2ccc(S(N)(=O)=O)cc2)c1C. The van der Waals surface area contributed by atoms with E-state index in [0.29, 0.717) is 12.1 Å². The lowest BCUT2D eigenvalue weighted by Gasteiger charge is -2.10. The van der Waals surface area contributed by atoms with Crippen molar-refractivity contribution >= 4 is 15.9 Å². The molecule has 1 heterocycles. The van der Waals surface area contributed by atoms with Gasteiger partial charge < -0.3 is 4.57 Å². The molecule has 0 bridgehead atoms. The fourth-order valence-corrected chi connectivity index (χ4v) is 2.90. The van der Waals surface area contributed by atoms with Crippen LogP contribution in [0, 0.1) is 13.8 Å². The molecule has 3 N–H and O–H groups in total. The van der Waals surface area contributed by atoms with Crippen molar-refractivity contribution in [1.82, 2.24) is 10.0 Å². The number of nitrogens with two attached hydrogens (primary N) is 1. The van der Waals surface area contributed by atoms with E-state index < -0.39 is 10.0 Å². The Bertz CT molecular complexity index is 823. The highest BCUT2D eigenvalue weighted by Crippen LogP contribution is 2.18. The van der Waals surface area contributed by atoms with Crippen LogP contribution in [0.4, 0.5) is 0 Å². The van der Waals surface area contributed by atoms with Crippen molar-refractivity contribution in [3.8, 4) is 0 Å². The van der Waals surface area contributed by atoms with Gasteiger partial charge in [-0.1, -0.05) is 12.1 Å². The lowest BCUT2D eigenvalue weighted by atomic mass is 10.2. The van der Waals surface area contributed by atoms with Gasteiger partial charge >= 0.3 is 0 Å². The summed E-state index contributed by atoms with van der Waals surface area (Å²) in [5.74, 6) is -0.309. The topological polar surface area (TPSA) is 103 Å². The first-order valence-electron chi connectivity index (χ1n) is 6.86. The Morgan fingerprint density at radius 2 is 1.87 bits per heavy atom. The number of sulfonamides is 1. The molecule has 8 heteroatoms. The van der Waals surface area contributed by atoms with Crippen LogP contribution < -0.4 is 10.6 Å². The van der Waals surface area contributed by atoms with Gasteiger partial charge in [0.15, 0.2) is 0 Å². The third-order valence-corrected chi connectivity index (χ3v) is 4.53. The Labute approximate surface area is 135 Å². The number of aryl methyl sites for hydroxylation is 1. The average Bonchev–Trinajstić information content (AvgIpc) is 2.75. The molecule has 124 valence electrons. The van der Waals surface area contributed by atoms with Gasteiger partial charge in [-0.3, -0.25) is 9.63 Å². The number of hydrogen-bond acceptors (Lipinski definition) is 4. The lowest BCUT2D eigenvalue weighted by molar-refractivity contribution is 0.0537. The number of hydroxylamine groups is 1. The number of aromatic nitrogens is 1. The summed E-state index contributed by atoms with van der Waals surface area (Å²) in [4.78, 5) is 16.6. The Morgan fingerprint density at radius 3 is 2.39 bits per heavy atom. The van der Waals surface area contributed by atoms with Crippen LogP contribution in [0.5, 0.6) is 0 Å². The van der Waals surface area contributed by atoms with E-state index in [4.69, 9.17) is 5.14 Å². The van der Waals surface area contributed by atoms with Crippen LogP contribution in [0.25, 0.3) is 0 Å². The first-order chi connectivity index (χ1) is 10.7. The molecule has 0 aliphatic heterocycles. The standard InChI is InChI=1S/C15H19N3O4S/c1-10-8-14(15(19)17-22-3)11(2)18(10)9-12-4-6-13(7-5-12)23(16,20)21/h4-8H,9H2,1-3H3,(H,17,19)(H2,16,20,21). The third kappa shape index (κ3) is 3.79. The van der Waals surface area contributed by atoms with Gasteiger partial charge in [0.05, 0.1) is 17.6 Å². The van der Waals surface area contributed by atoms with Crippen molar-refractivity contribution < 1.29 is 18.0 Å². The first-order valence-corrected chi connectivity index (χ1v) is 8.40. The van der Waals surface area contributed by atoms with Crippen molar-refractivity contribution in [3.63, 3.8) is 0 Å². The molecule has 0 aliphatic carbocycles. The molecule has 1 aromatic heterocycles. The molecule has 2 rings (SSSR count). The van der Waals surface area contributed by atoms with E-state index in [1.807, 2.05) is 18.4 Å². The normalized spacial score (nSPS) is 11.5. The molecule has 0 fully saturated rings. The number of primary sulfonamides is 1. The largest absolute Gasteiger partial charge is 0.344 e. The second-order valence-electron chi connectivity index (χ2n) is 5.20. The van der Waals surface area contributed by atoms with Crippen LogP contribution in [-0.2, 0) is 21.4 Å². The maximum Gasteiger partial charge on any atom is 0.276 e. The van der Waals surface area contributed by atoms with E-state index in [0.717, 1.165) is 17.0 Å². The van der Waals surface area contributed by atoms with Crippen molar-refractivity contribution in [3.05, 3.63) is 52.8 Å². The molecular formula is C15H19N3O4S. The molecule has 7 nitrogen and oxygen atoms in total. The summed E-state index contributed by atoms with van der Waals surface area (Å²) in [6.45, 7) is 4.26. The van der Waals surface area contributed by atoms with E-state index in [2.05, 4.69) is 10.3 Å². The number of nitrogens with zero attached hydrogens (tertiary/aromatic N) is 1. The predicted molar refractivity (Wildman–Crippen MR) is 85.3 cm³/mol. The van der Waals surface area contributed by atoms with E-state index in [1.165, 1.54) is 19.2 Å². The Balaban J connectivity index is 2.29. The molecule has 1 aromatic carbocycles. The summed E-state index contributed by atoms with van der Waals surface area (Å²) in [6, 6.07) is 8.12.